The summed E-state index contributed by atoms with van der Waals surface area (Å²) >= 11 is 0. The van der Waals surface area contributed by atoms with Gasteiger partial charge in [-0.2, -0.15) is 10.1 Å². The van der Waals surface area contributed by atoms with Crippen LogP contribution in [-0.2, 0) is 18.3 Å². The minimum atomic E-state index is -0.00158. The lowest BCUT2D eigenvalue weighted by atomic mass is 9.98. The van der Waals surface area contributed by atoms with Gasteiger partial charge in [-0.25, -0.2) is 4.68 Å². The molecule has 0 bridgehead atoms. The second-order valence-electron chi connectivity index (χ2n) is 6.33. The summed E-state index contributed by atoms with van der Waals surface area (Å²) in [5.41, 5.74) is 1.26. The van der Waals surface area contributed by atoms with Crippen molar-refractivity contribution in [1.29, 1.82) is 0 Å². The highest BCUT2D eigenvalue weighted by molar-refractivity contribution is 5.88. The lowest BCUT2D eigenvalue weighted by Crippen LogP contribution is -2.27. The molecule has 1 fully saturated rings. The summed E-state index contributed by atoms with van der Waals surface area (Å²) in [6.07, 6.45) is 4.33. The lowest BCUT2D eigenvalue weighted by Gasteiger charge is -2.19. The monoisotopic (exact) mass is 363 g/mol. The zero-order valence-corrected chi connectivity index (χ0v) is 15.4. The fraction of sp³-hybridized carbons (Fsp3) is 0.500. The molecule has 0 radical (unpaired) electrons. The van der Waals surface area contributed by atoms with Crippen molar-refractivity contribution in [3.8, 4) is 0 Å². The molecular weight excluding hydrogens is 338 g/mol. The molecule has 1 aromatic carbocycles. The van der Waals surface area contributed by atoms with Crippen molar-refractivity contribution < 1.29 is 4.79 Å². The number of aromatic nitrogens is 3. The Morgan fingerprint density at radius 1 is 1.28 bits per heavy atom. The van der Waals surface area contributed by atoms with Crippen LogP contribution in [0.4, 0.5) is 5.95 Å². The number of carbonyl (C=O) groups is 1. The summed E-state index contributed by atoms with van der Waals surface area (Å²) in [5.74, 6) is 1.78. The van der Waals surface area contributed by atoms with Crippen LogP contribution in [0.3, 0.4) is 0 Å². The average molecular weight is 364 g/mol. The van der Waals surface area contributed by atoms with Crippen molar-refractivity contribution in [2.45, 2.75) is 38.0 Å². The summed E-state index contributed by atoms with van der Waals surface area (Å²) < 4.78 is 1.67. The van der Waals surface area contributed by atoms with Gasteiger partial charge in [0.2, 0.25) is 11.9 Å². The molecule has 1 amide bonds. The third-order valence-electron chi connectivity index (χ3n) is 4.45. The molecule has 0 unspecified atom stereocenters. The SMILES string of the molecule is Cl.Cn1nc(C2CCNCC2)nc1NC(=O)CCCc1ccccc1. The second kappa shape index (κ2) is 9.53. The number of piperidine rings is 1. The molecule has 0 aliphatic carbocycles. The highest BCUT2D eigenvalue weighted by Gasteiger charge is 2.21. The predicted octanol–water partition coefficient (Wildman–Crippen LogP) is 2.67. The van der Waals surface area contributed by atoms with Crippen LogP contribution >= 0.6 is 12.4 Å². The van der Waals surface area contributed by atoms with Crippen molar-refractivity contribution in [1.82, 2.24) is 20.1 Å². The Bertz CT molecular complexity index is 667. The normalized spacial score (nSPS) is 14.8. The van der Waals surface area contributed by atoms with Gasteiger partial charge in [0.1, 0.15) is 0 Å². The summed E-state index contributed by atoms with van der Waals surface area (Å²) in [4.78, 5) is 16.7. The van der Waals surface area contributed by atoms with E-state index < -0.39 is 0 Å². The highest BCUT2D eigenvalue weighted by Crippen LogP contribution is 2.23. The summed E-state index contributed by atoms with van der Waals surface area (Å²) in [6, 6.07) is 10.2. The van der Waals surface area contributed by atoms with Gasteiger partial charge in [-0.15, -0.1) is 12.4 Å². The number of hydrogen-bond acceptors (Lipinski definition) is 4. The number of anilines is 1. The molecule has 1 aromatic heterocycles. The van der Waals surface area contributed by atoms with Crippen LogP contribution in [0, 0.1) is 0 Å². The number of halogens is 1. The largest absolute Gasteiger partial charge is 0.317 e. The predicted molar refractivity (Wildman–Crippen MR) is 101 cm³/mol. The molecule has 1 aliphatic rings. The van der Waals surface area contributed by atoms with Crippen molar-refractivity contribution in [3.05, 3.63) is 41.7 Å². The van der Waals surface area contributed by atoms with E-state index in [1.807, 2.05) is 25.2 Å². The third kappa shape index (κ3) is 5.54. The third-order valence-corrected chi connectivity index (χ3v) is 4.45. The second-order valence-corrected chi connectivity index (χ2v) is 6.33. The molecule has 2 aromatic rings. The number of carbonyl (C=O) groups excluding carboxylic acids is 1. The van der Waals surface area contributed by atoms with Gasteiger partial charge in [-0.3, -0.25) is 10.1 Å². The maximum absolute atomic E-state index is 12.1. The summed E-state index contributed by atoms with van der Waals surface area (Å²) in [5, 5.41) is 10.7. The van der Waals surface area contributed by atoms with E-state index in [2.05, 4.69) is 32.8 Å². The summed E-state index contributed by atoms with van der Waals surface area (Å²) in [6.45, 7) is 2.01. The van der Waals surface area contributed by atoms with Gasteiger partial charge in [-0.1, -0.05) is 30.3 Å². The first kappa shape index (κ1) is 19.4. The van der Waals surface area contributed by atoms with E-state index in [0.29, 0.717) is 18.3 Å². The average Bonchev–Trinajstić information content (AvgIpc) is 2.97. The van der Waals surface area contributed by atoms with Crippen molar-refractivity contribution in [3.63, 3.8) is 0 Å². The standard InChI is InChI=1S/C18H25N5O.ClH/c1-23-18(21-17(22-23)15-10-12-19-13-11-15)20-16(24)9-5-8-14-6-3-2-4-7-14;/h2-4,6-7,15,19H,5,8-13H2,1H3,(H,20,21,22,24);1H. The number of nitrogens with one attached hydrogen (secondary N) is 2. The van der Waals surface area contributed by atoms with Crippen molar-refractivity contribution in [2.24, 2.45) is 7.05 Å². The van der Waals surface area contributed by atoms with E-state index in [9.17, 15) is 4.79 Å². The molecule has 7 heteroatoms. The molecule has 1 saturated heterocycles. The van der Waals surface area contributed by atoms with E-state index in [1.54, 1.807) is 4.68 Å². The molecular formula is C18H26ClN5O. The lowest BCUT2D eigenvalue weighted by molar-refractivity contribution is -0.116. The fourth-order valence-corrected chi connectivity index (χ4v) is 3.05. The van der Waals surface area contributed by atoms with Gasteiger partial charge in [0, 0.05) is 19.4 Å². The Morgan fingerprint density at radius 2 is 2.00 bits per heavy atom. The maximum Gasteiger partial charge on any atom is 0.227 e. The molecule has 0 saturated carbocycles. The Balaban J connectivity index is 0.00000225. The van der Waals surface area contributed by atoms with Crippen LogP contribution in [0.5, 0.6) is 0 Å². The van der Waals surface area contributed by atoms with Crippen molar-refractivity contribution >= 4 is 24.3 Å². The zero-order valence-electron chi connectivity index (χ0n) is 14.6. The van der Waals surface area contributed by atoms with Gasteiger partial charge in [0.25, 0.3) is 0 Å². The fourth-order valence-electron chi connectivity index (χ4n) is 3.05. The van der Waals surface area contributed by atoms with E-state index >= 15 is 0 Å². The molecule has 2 heterocycles. The Labute approximate surface area is 154 Å². The molecule has 2 N–H and O–H groups in total. The Morgan fingerprint density at radius 3 is 2.72 bits per heavy atom. The van der Waals surface area contributed by atoms with E-state index in [1.165, 1.54) is 5.56 Å². The molecule has 3 rings (SSSR count). The molecule has 6 nitrogen and oxygen atoms in total. The van der Waals surface area contributed by atoms with Crippen LogP contribution in [0.1, 0.15) is 43.0 Å². The Hall–Kier alpha value is -1.92. The molecule has 0 spiro atoms. The molecule has 0 atom stereocenters. The zero-order chi connectivity index (χ0) is 16.8. The van der Waals surface area contributed by atoms with Gasteiger partial charge < -0.3 is 5.32 Å². The first-order valence-corrected chi connectivity index (χ1v) is 8.68. The minimum Gasteiger partial charge on any atom is -0.317 e. The van der Waals surface area contributed by atoms with Crippen LogP contribution in [0.25, 0.3) is 0 Å². The first-order chi connectivity index (χ1) is 11.7. The van der Waals surface area contributed by atoms with E-state index in [-0.39, 0.29) is 18.3 Å². The maximum atomic E-state index is 12.1. The van der Waals surface area contributed by atoms with Gasteiger partial charge in [0.15, 0.2) is 5.82 Å². The Kier molecular flexibility index (Phi) is 7.40. The van der Waals surface area contributed by atoms with Crippen LogP contribution in [0.15, 0.2) is 30.3 Å². The van der Waals surface area contributed by atoms with Crippen LogP contribution in [0.2, 0.25) is 0 Å². The number of aryl methyl sites for hydroxylation is 2. The minimum absolute atomic E-state index is 0. The summed E-state index contributed by atoms with van der Waals surface area (Å²) in [7, 11) is 1.83. The molecule has 1 aliphatic heterocycles. The number of benzene rings is 1. The van der Waals surface area contributed by atoms with Crippen molar-refractivity contribution in [2.75, 3.05) is 18.4 Å². The first-order valence-electron chi connectivity index (χ1n) is 8.68. The van der Waals surface area contributed by atoms with E-state index in [0.717, 1.165) is 44.6 Å². The topological polar surface area (TPSA) is 71.8 Å². The van der Waals surface area contributed by atoms with Gasteiger partial charge in [0.05, 0.1) is 0 Å². The van der Waals surface area contributed by atoms with Crippen LogP contribution < -0.4 is 10.6 Å². The number of amides is 1. The molecule has 136 valence electrons. The molecule has 25 heavy (non-hydrogen) atoms. The smallest absolute Gasteiger partial charge is 0.227 e. The van der Waals surface area contributed by atoms with Crippen LogP contribution in [-0.4, -0.2) is 33.8 Å². The van der Waals surface area contributed by atoms with Gasteiger partial charge >= 0.3 is 0 Å². The van der Waals surface area contributed by atoms with E-state index in [4.69, 9.17) is 0 Å². The number of rotatable bonds is 6. The number of nitrogens with zero attached hydrogens (tertiary/aromatic N) is 3. The van der Waals surface area contributed by atoms with Gasteiger partial charge in [-0.05, 0) is 44.3 Å². The highest BCUT2D eigenvalue weighted by atomic mass is 35.5. The quantitative estimate of drug-likeness (QED) is 0.827. The number of hydrogen-bond donors (Lipinski definition) is 2.